The SMILES string of the molecule is Cc1c(Cl)cccc1OCC(=O)NCc1ccc(Br)cc1. The van der Waals surface area contributed by atoms with Gasteiger partial charge in [-0.15, -0.1) is 0 Å². The third-order valence-corrected chi connectivity index (χ3v) is 3.92. The van der Waals surface area contributed by atoms with Gasteiger partial charge in [0.15, 0.2) is 6.61 Å². The Morgan fingerprint density at radius 2 is 1.95 bits per heavy atom. The molecule has 1 amide bonds. The summed E-state index contributed by atoms with van der Waals surface area (Å²) in [5.74, 6) is 0.457. The third-order valence-electron chi connectivity index (χ3n) is 2.98. The first-order chi connectivity index (χ1) is 10.1. The van der Waals surface area contributed by atoms with Crippen LogP contribution in [0.2, 0.25) is 5.02 Å². The molecule has 0 fully saturated rings. The molecule has 1 N–H and O–H groups in total. The number of carbonyl (C=O) groups excluding carboxylic acids is 1. The molecule has 0 atom stereocenters. The van der Waals surface area contributed by atoms with Crippen molar-refractivity contribution < 1.29 is 9.53 Å². The largest absolute Gasteiger partial charge is 0.483 e. The number of amides is 1. The van der Waals surface area contributed by atoms with E-state index in [0.29, 0.717) is 17.3 Å². The first-order valence-corrected chi connectivity index (χ1v) is 7.62. The van der Waals surface area contributed by atoms with Gasteiger partial charge in [0.05, 0.1) is 0 Å². The van der Waals surface area contributed by atoms with E-state index in [0.717, 1.165) is 15.6 Å². The minimum absolute atomic E-state index is 0.0300. The molecule has 0 heterocycles. The number of rotatable bonds is 5. The van der Waals surface area contributed by atoms with E-state index in [1.165, 1.54) is 0 Å². The van der Waals surface area contributed by atoms with Crippen molar-refractivity contribution in [2.24, 2.45) is 0 Å². The van der Waals surface area contributed by atoms with Crippen LogP contribution in [0.3, 0.4) is 0 Å². The number of hydrogen-bond donors (Lipinski definition) is 1. The highest BCUT2D eigenvalue weighted by atomic mass is 79.9. The van der Waals surface area contributed by atoms with Crippen LogP contribution in [-0.4, -0.2) is 12.5 Å². The van der Waals surface area contributed by atoms with Gasteiger partial charge in [0.2, 0.25) is 0 Å². The maximum absolute atomic E-state index is 11.8. The van der Waals surface area contributed by atoms with Gasteiger partial charge in [-0.25, -0.2) is 0 Å². The van der Waals surface area contributed by atoms with Crippen LogP contribution in [0, 0.1) is 6.92 Å². The van der Waals surface area contributed by atoms with Gasteiger partial charge in [-0.3, -0.25) is 4.79 Å². The molecule has 0 saturated heterocycles. The molecule has 21 heavy (non-hydrogen) atoms. The van der Waals surface area contributed by atoms with Crippen molar-refractivity contribution in [3.05, 3.63) is 63.1 Å². The summed E-state index contributed by atoms with van der Waals surface area (Å²) in [5.41, 5.74) is 1.87. The Labute approximate surface area is 137 Å². The van der Waals surface area contributed by atoms with E-state index in [9.17, 15) is 4.79 Å². The highest BCUT2D eigenvalue weighted by Gasteiger charge is 2.06. The average molecular weight is 369 g/mol. The fourth-order valence-electron chi connectivity index (χ4n) is 1.74. The van der Waals surface area contributed by atoms with Gasteiger partial charge in [0.1, 0.15) is 5.75 Å². The zero-order valence-electron chi connectivity index (χ0n) is 11.5. The summed E-state index contributed by atoms with van der Waals surface area (Å²) in [6.07, 6.45) is 0. The van der Waals surface area contributed by atoms with Crippen molar-refractivity contribution in [3.8, 4) is 5.75 Å². The number of halogens is 2. The summed E-state index contributed by atoms with van der Waals surface area (Å²) in [6, 6.07) is 13.2. The fraction of sp³-hybridized carbons (Fsp3) is 0.188. The lowest BCUT2D eigenvalue weighted by Gasteiger charge is -2.10. The van der Waals surface area contributed by atoms with Gasteiger partial charge in [-0.2, -0.15) is 0 Å². The highest BCUT2D eigenvalue weighted by molar-refractivity contribution is 9.10. The number of ether oxygens (including phenoxy) is 1. The second kappa shape index (κ2) is 7.48. The number of nitrogens with one attached hydrogen (secondary N) is 1. The van der Waals surface area contributed by atoms with Crippen molar-refractivity contribution in [2.45, 2.75) is 13.5 Å². The van der Waals surface area contributed by atoms with E-state index >= 15 is 0 Å². The normalized spacial score (nSPS) is 10.2. The van der Waals surface area contributed by atoms with Gasteiger partial charge in [-0.05, 0) is 36.8 Å². The second-order valence-electron chi connectivity index (χ2n) is 4.55. The van der Waals surface area contributed by atoms with Crippen molar-refractivity contribution >= 4 is 33.4 Å². The molecule has 2 aromatic rings. The Hall–Kier alpha value is -1.52. The molecule has 2 rings (SSSR count). The standard InChI is InChI=1S/C16H15BrClNO2/c1-11-14(18)3-2-4-15(11)21-10-16(20)19-9-12-5-7-13(17)8-6-12/h2-8H,9-10H2,1H3,(H,19,20). The van der Waals surface area contributed by atoms with Crippen LogP contribution in [0.1, 0.15) is 11.1 Å². The Morgan fingerprint density at radius 1 is 1.24 bits per heavy atom. The van der Waals surface area contributed by atoms with Gasteiger partial charge >= 0.3 is 0 Å². The molecule has 0 radical (unpaired) electrons. The monoisotopic (exact) mass is 367 g/mol. The van der Waals surface area contributed by atoms with E-state index in [1.807, 2.05) is 31.2 Å². The Balaban J connectivity index is 1.82. The Bertz CT molecular complexity index is 629. The zero-order valence-corrected chi connectivity index (χ0v) is 13.9. The van der Waals surface area contributed by atoms with Crippen LogP contribution >= 0.6 is 27.5 Å². The quantitative estimate of drug-likeness (QED) is 0.862. The summed E-state index contributed by atoms with van der Waals surface area (Å²) in [4.78, 5) is 11.8. The molecular formula is C16H15BrClNO2. The van der Waals surface area contributed by atoms with Crippen LogP contribution in [-0.2, 0) is 11.3 Å². The maximum atomic E-state index is 11.8. The summed E-state index contributed by atoms with van der Waals surface area (Å²) < 4.78 is 6.49. The first-order valence-electron chi connectivity index (χ1n) is 6.45. The van der Waals surface area contributed by atoms with Crippen LogP contribution < -0.4 is 10.1 Å². The van der Waals surface area contributed by atoms with Gasteiger partial charge in [0.25, 0.3) is 5.91 Å². The van der Waals surface area contributed by atoms with E-state index < -0.39 is 0 Å². The van der Waals surface area contributed by atoms with Gasteiger partial charge in [-0.1, -0.05) is 45.7 Å². The summed E-state index contributed by atoms with van der Waals surface area (Å²) in [5, 5.41) is 3.44. The molecule has 5 heteroatoms. The Morgan fingerprint density at radius 3 is 2.67 bits per heavy atom. The van der Waals surface area contributed by atoms with E-state index in [4.69, 9.17) is 16.3 Å². The smallest absolute Gasteiger partial charge is 0.258 e. The van der Waals surface area contributed by atoms with Crippen LogP contribution in [0.5, 0.6) is 5.75 Å². The topological polar surface area (TPSA) is 38.3 Å². The van der Waals surface area contributed by atoms with Crippen molar-refractivity contribution in [3.63, 3.8) is 0 Å². The molecule has 0 aliphatic rings. The first kappa shape index (κ1) is 15.9. The van der Waals surface area contributed by atoms with E-state index in [1.54, 1.807) is 18.2 Å². The summed E-state index contributed by atoms with van der Waals surface area (Å²) in [6.45, 7) is 2.30. The number of carbonyl (C=O) groups is 1. The highest BCUT2D eigenvalue weighted by Crippen LogP contribution is 2.24. The van der Waals surface area contributed by atoms with Gasteiger partial charge < -0.3 is 10.1 Å². The van der Waals surface area contributed by atoms with E-state index in [2.05, 4.69) is 21.2 Å². The molecule has 0 aliphatic heterocycles. The lowest BCUT2D eigenvalue weighted by atomic mass is 10.2. The summed E-state index contributed by atoms with van der Waals surface area (Å²) >= 11 is 9.37. The van der Waals surface area contributed by atoms with Gasteiger partial charge in [0, 0.05) is 21.6 Å². The molecule has 0 bridgehead atoms. The Kier molecular flexibility index (Phi) is 5.65. The zero-order chi connectivity index (χ0) is 15.2. The van der Waals surface area contributed by atoms with Crippen LogP contribution in [0.25, 0.3) is 0 Å². The van der Waals surface area contributed by atoms with Crippen molar-refractivity contribution in [1.82, 2.24) is 5.32 Å². The number of hydrogen-bond acceptors (Lipinski definition) is 2. The molecule has 0 aromatic heterocycles. The number of benzene rings is 2. The minimum Gasteiger partial charge on any atom is -0.483 e. The summed E-state index contributed by atoms with van der Waals surface area (Å²) in [7, 11) is 0. The molecule has 0 unspecified atom stereocenters. The minimum atomic E-state index is -0.169. The molecule has 0 spiro atoms. The van der Waals surface area contributed by atoms with Crippen LogP contribution in [0.4, 0.5) is 0 Å². The molecule has 0 saturated carbocycles. The lowest BCUT2D eigenvalue weighted by Crippen LogP contribution is -2.28. The van der Waals surface area contributed by atoms with Crippen LogP contribution in [0.15, 0.2) is 46.9 Å². The molecule has 2 aromatic carbocycles. The lowest BCUT2D eigenvalue weighted by molar-refractivity contribution is -0.123. The predicted molar refractivity (Wildman–Crippen MR) is 87.7 cm³/mol. The maximum Gasteiger partial charge on any atom is 0.258 e. The van der Waals surface area contributed by atoms with Crippen molar-refractivity contribution in [2.75, 3.05) is 6.61 Å². The third kappa shape index (κ3) is 4.76. The molecule has 110 valence electrons. The fourth-order valence-corrected chi connectivity index (χ4v) is 2.17. The predicted octanol–water partition coefficient (Wildman–Crippen LogP) is 4.11. The molecule has 3 nitrogen and oxygen atoms in total. The molecule has 0 aliphatic carbocycles. The average Bonchev–Trinajstić information content (AvgIpc) is 2.48. The van der Waals surface area contributed by atoms with Crippen molar-refractivity contribution in [1.29, 1.82) is 0 Å². The van der Waals surface area contributed by atoms with E-state index in [-0.39, 0.29) is 12.5 Å². The molecular weight excluding hydrogens is 354 g/mol. The second-order valence-corrected chi connectivity index (χ2v) is 5.88.